The van der Waals surface area contributed by atoms with Crippen LogP contribution in [0.3, 0.4) is 0 Å². The Hall–Kier alpha value is -1.26. The second-order valence-electron chi connectivity index (χ2n) is 3.58. The summed E-state index contributed by atoms with van der Waals surface area (Å²) in [5.74, 6) is -1.04. The Labute approximate surface area is 93.0 Å². The number of hydrogen-bond acceptors (Lipinski definition) is 3. The predicted octanol–water partition coefficient (Wildman–Crippen LogP) is 1.55. The van der Waals surface area contributed by atoms with E-state index in [1.54, 1.807) is 24.3 Å². The van der Waals surface area contributed by atoms with Gasteiger partial charge in [0, 0.05) is 17.3 Å². The lowest BCUT2D eigenvalue weighted by Gasteiger charge is -2.20. The molecular weight excluding hydrogens is 216 g/mol. The van der Waals surface area contributed by atoms with Crippen LogP contribution in [0.5, 0.6) is 0 Å². The molecule has 0 heterocycles. The first-order valence-electron chi connectivity index (χ1n) is 4.43. The third-order valence-corrected chi connectivity index (χ3v) is 2.24. The summed E-state index contributed by atoms with van der Waals surface area (Å²) in [7, 11) is 0. The Bertz CT molecular complexity index is 349. The van der Waals surface area contributed by atoms with Crippen molar-refractivity contribution in [3.63, 3.8) is 0 Å². The van der Waals surface area contributed by atoms with Crippen LogP contribution in [-0.4, -0.2) is 23.2 Å². The molecule has 82 valence electrons. The molecule has 0 aromatic heterocycles. The molecule has 1 unspecified atom stereocenters. The van der Waals surface area contributed by atoms with Crippen molar-refractivity contribution in [2.24, 2.45) is 5.73 Å². The molecule has 0 radical (unpaired) electrons. The number of rotatable bonds is 4. The first-order chi connectivity index (χ1) is 6.92. The number of carbonyl (C=O) groups is 1. The Kier molecular flexibility index (Phi) is 3.55. The summed E-state index contributed by atoms with van der Waals surface area (Å²) in [4.78, 5) is 10.7. The van der Waals surface area contributed by atoms with Crippen molar-refractivity contribution in [3.05, 3.63) is 29.3 Å². The van der Waals surface area contributed by atoms with Crippen LogP contribution >= 0.6 is 11.6 Å². The first kappa shape index (κ1) is 11.8. The van der Waals surface area contributed by atoms with Crippen LogP contribution in [0.4, 0.5) is 5.69 Å². The molecule has 4 nitrogen and oxygen atoms in total. The monoisotopic (exact) mass is 228 g/mol. The largest absolute Gasteiger partial charge is 0.480 e. The van der Waals surface area contributed by atoms with Crippen LogP contribution in [0.1, 0.15) is 6.92 Å². The molecule has 0 aliphatic rings. The van der Waals surface area contributed by atoms with Gasteiger partial charge in [-0.05, 0) is 31.2 Å². The zero-order chi connectivity index (χ0) is 11.5. The van der Waals surface area contributed by atoms with Crippen molar-refractivity contribution in [1.82, 2.24) is 0 Å². The van der Waals surface area contributed by atoms with Crippen molar-refractivity contribution in [1.29, 1.82) is 0 Å². The molecule has 0 amide bonds. The topological polar surface area (TPSA) is 75.3 Å². The van der Waals surface area contributed by atoms with Crippen molar-refractivity contribution in [2.75, 3.05) is 11.9 Å². The number of nitrogens with one attached hydrogen (secondary N) is 1. The van der Waals surface area contributed by atoms with Crippen LogP contribution in [0.25, 0.3) is 0 Å². The third-order valence-electron chi connectivity index (χ3n) is 1.99. The van der Waals surface area contributed by atoms with E-state index in [1.807, 2.05) is 0 Å². The second-order valence-corrected chi connectivity index (χ2v) is 4.02. The molecule has 1 atom stereocenters. The summed E-state index contributed by atoms with van der Waals surface area (Å²) in [6, 6.07) is 6.97. The molecule has 15 heavy (non-hydrogen) atoms. The van der Waals surface area contributed by atoms with Crippen molar-refractivity contribution in [2.45, 2.75) is 12.5 Å². The van der Waals surface area contributed by atoms with Crippen molar-refractivity contribution >= 4 is 23.3 Å². The van der Waals surface area contributed by atoms with E-state index >= 15 is 0 Å². The van der Waals surface area contributed by atoms with E-state index in [4.69, 9.17) is 22.4 Å². The molecule has 1 aromatic carbocycles. The Balaban J connectivity index is 2.57. The zero-order valence-corrected chi connectivity index (χ0v) is 9.08. The molecule has 0 aliphatic heterocycles. The highest BCUT2D eigenvalue weighted by atomic mass is 35.5. The number of anilines is 1. The minimum Gasteiger partial charge on any atom is -0.480 e. The summed E-state index contributed by atoms with van der Waals surface area (Å²) in [5, 5.41) is 12.3. The Morgan fingerprint density at radius 1 is 1.53 bits per heavy atom. The maximum atomic E-state index is 10.7. The third kappa shape index (κ3) is 3.42. The Morgan fingerprint density at radius 2 is 2.07 bits per heavy atom. The molecule has 0 saturated carbocycles. The highest BCUT2D eigenvalue weighted by Crippen LogP contribution is 2.14. The van der Waals surface area contributed by atoms with Gasteiger partial charge in [0.1, 0.15) is 5.54 Å². The van der Waals surface area contributed by atoms with E-state index < -0.39 is 11.5 Å². The zero-order valence-electron chi connectivity index (χ0n) is 8.33. The molecule has 0 spiro atoms. The summed E-state index contributed by atoms with van der Waals surface area (Å²) in [6.45, 7) is 1.61. The van der Waals surface area contributed by atoms with Gasteiger partial charge in [-0.2, -0.15) is 0 Å². The summed E-state index contributed by atoms with van der Waals surface area (Å²) in [6.07, 6.45) is 0. The number of nitrogens with two attached hydrogens (primary N) is 1. The van der Waals surface area contributed by atoms with E-state index in [9.17, 15) is 4.79 Å². The SMILES string of the molecule is CC(N)(CNc1ccc(Cl)cc1)C(=O)O. The number of halogens is 1. The number of hydrogen-bond donors (Lipinski definition) is 3. The average molecular weight is 229 g/mol. The predicted molar refractivity (Wildman–Crippen MR) is 60.2 cm³/mol. The molecule has 5 heteroatoms. The highest BCUT2D eigenvalue weighted by Gasteiger charge is 2.27. The Morgan fingerprint density at radius 3 is 2.53 bits per heavy atom. The van der Waals surface area contributed by atoms with Crippen LogP contribution < -0.4 is 11.1 Å². The van der Waals surface area contributed by atoms with Gasteiger partial charge in [-0.1, -0.05) is 11.6 Å². The van der Waals surface area contributed by atoms with Gasteiger partial charge < -0.3 is 16.2 Å². The number of aliphatic carboxylic acids is 1. The molecule has 0 saturated heterocycles. The lowest BCUT2D eigenvalue weighted by Crippen LogP contribution is -2.50. The summed E-state index contributed by atoms with van der Waals surface area (Å²) < 4.78 is 0. The first-order valence-corrected chi connectivity index (χ1v) is 4.81. The summed E-state index contributed by atoms with van der Waals surface area (Å²) in [5.41, 5.74) is 5.06. The van der Waals surface area contributed by atoms with E-state index in [-0.39, 0.29) is 6.54 Å². The van der Waals surface area contributed by atoms with Gasteiger partial charge in [0.05, 0.1) is 0 Å². The minimum atomic E-state index is -1.28. The second kappa shape index (κ2) is 4.51. The number of benzene rings is 1. The van der Waals surface area contributed by atoms with Crippen LogP contribution in [0.15, 0.2) is 24.3 Å². The minimum absolute atomic E-state index is 0.157. The number of carboxylic acid groups (broad SMARTS) is 1. The molecule has 1 aromatic rings. The summed E-state index contributed by atoms with van der Waals surface area (Å²) >= 11 is 5.71. The quantitative estimate of drug-likeness (QED) is 0.731. The van der Waals surface area contributed by atoms with Crippen LogP contribution in [-0.2, 0) is 4.79 Å². The fourth-order valence-corrected chi connectivity index (χ4v) is 1.06. The van der Waals surface area contributed by atoms with Gasteiger partial charge >= 0.3 is 5.97 Å². The van der Waals surface area contributed by atoms with E-state index in [1.165, 1.54) is 6.92 Å². The lowest BCUT2D eigenvalue weighted by atomic mass is 10.1. The van der Waals surface area contributed by atoms with Crippen molar-refractivity contribution < 1.29 is 9.90 Å². The fourth-order valence-electron chi connectivity index (χ4n) is 0.929. The fraction of sp³-hybridized carbons (Fsp3) is 0.300. The van der Waals surface area contributed by atoms with Gasteiger partial charge in [0.15, 0.2) is 0 Å². The van der Waals surface area contributed by atoms with Crippen molar-refractivity contribution in [3.8, 4) is 0 Å². The van der Waals surface area contributed by atoms with Gasteiger partial charge in [-0.15, -0.1) is 0 Å². The molecule has 1 rings (SSSR count). The molecule has 0 fully saturated rings. The lowest BCUT2D eigenvalue weighted by molar-refractivity contribution is -0.142. The molecular formula is C10H13ClN2O2. The van der Waals surface area contributed by atoms with Gasteiger partial charge in [0.25, 0.3) is 0 Å². The average Bonchev–Trinajstić information content (AvgIpc) is 2.17. The number of carboxylic acids is 1. The molecule has 4 N–H and O–H groups in total. The smallest absolute Gasteiger partial charge is 0.325 e. The normalized spacial score (nSPS) is 14.3. The van der Waals surface area contributed by atoms with E-state index in [0.29, 0.717) is 5.02 Å². The standard InChI is InChI=1S/C10H13ClN2O2/c1-10(12,9(14)15)6-13-8-4-2-7(11)3-5-8/h2-5,13H,6,12H2,1H3,(H,14,15). The van der Waals surface area contributed by atoms with Gasteiger partial charge in [0.2, 0.25) is 0 Å². The molecule has 0 aliphatic carbocycles. The van der Waals surface area contributed by atoms with Crippen LogP contribution in [0, 0.1) is 0 Å². The maximum Gasteiger partial charge on any atom is 0.325 e. The van der Waals surface area contributed by atoms with E-state index in [0.717, 1.165) is 5.69 Å². The molecule has 0 bridgehead atoms. The van der Waals surface area contributed by atoms with Crippen LogP contribution in [0.2, 0.25) is 5.02 Å². The van der Waals surface area contributed by atoms with Gasteiger partial charge in [-0.25, -0.2) is 0 Å². The maximum absolute atomic E-state index is 10.7. The highest BCUT2D eigenvalue weighted by molar-refractivity contribution is 6.30. The van der Waals surface area contributed by atoms with E-state index in [2.05, 4.69) is 5.32 Å². The van der Waals surface area contributed by atoms with Gasteiger partial charge in [-0.3, -0.25) is 4.79 Å².